The van der Waals surface area contributed by atoms with E-state index in [-0.39, 0.29) is 23.3 Å². The highest BCUT2D eigenvalue weighted by Crippen LogP contribution is 2.56. The first-order valence-electron chi connectivity index (χ1n) is 9.05. The lowest BCUT2D eigenvalue weighted by molar-refractivity contribution is -0.142. The van der Waals surface area contributed by atoms with E-state index in [4.69, 9.17) is 16.3 Å². The number of methoxy groups -OCH3 is 1. The normalized spacial score (nSPS) is 21.0. The summed E-state index contributed by atoms with van der Waals surface area (Å²) in [6.45, 7) is 1.68. The molecule has 2 aromatic rings. The number of esters is 1. The molecule has 1 spiro atoms. The van der Waals surface area contributed by atoms with Crippen molar-refractivity contribution in [2.75, 3.05) is 25.1 Å². The zero-order chi connectivity index (χ0) is 19.0. The number of carbonyl (C=O) groups is 2. The Hall–Kier alpha value is -2.37. The second kappa shape index (κ2) is 6.98. The van der Waals surface area contributed by atoms with Crippen molar-refractivity contribution in [3.8, 4) is 0 Å². The molecule has 1 amide bonds. The summed E-state index contributed by atoms with van der Waals surface area (Å²) in [5.74, 6) is -0.240. The van der Waals surface area contributed by atoms with E-state index in [2.05, 4.69) is 5.32 Å². The molecule has 2 aliphatic heterocycles. The summed E-state index contributed by atoms with van der Waals surface area (Å²) >= 11 is 6.06. The monoisotopic (exact) mass is 384 g/mol. The summed E-state index contributed by atoms with van der Waals surface area (Å²) in [5, 5.41) is 4.03. The fourth-order valence-corrected chi connectivity index (χ4v) is 4.40. The van der Waals surface area contributed by atoms with Crippen molar-refractivity contribution in [3.05, 3.63) is 64.7 Å². The van der Waals surface area contributed by atoms with Gasteiger partial charge in [0.25, 0.3) is 0 Å². The number of hydrogen-bond acceptors (Lipinski definition) is 4. The van der Waals surface area contributed by atoms with E-state index < -0.39 is 0 Å². The van der Waals surface area contributed by atoms with E-state index in [0.717, 1.165) is 37.2 Å². The minimum absolute atomic E-state index is 0.0339. The summed E-state index contributed by atoms with van der Waals surface area (Å²) in [6, 6.07) is 14.7. The van der Waals surface area contributed by atoms with Gasteiger partial charge in [0.15, 0.2) is 0 Å². The van der Waals surface area contributed by atoms with Crippen LogP contribution in [0.15, 0.2) is 48.5 Å². The number of benzene rings is 2. The lowest BCUT2D eigenvalue weighted by Crippen LogP contribution is -2.66. The first kappa shape index (κ1) is 18.0. The SMILES string of the molecule is COC(=O)c1ccc(N2C(=O)C3(CCNCC3)C2c2ccc(Cl)cc2)cc1. The molecule has 2 heterocycles. The number of piperidine rings is 1. The second-order valence-corrected chi connectivity index (χ2v) is 7.51. The Kier molecular flexibility index (Phi) is 4.66. The van der Waals surface area contributed by atoms with Gasteiger partial charge in [0.2, 0.25) is 5.91 Å². The Balaban J connectivity index is 1.71. The summed E-state index contributed by atoms with van der Waals surface area (Å²) in [6.07, 6.45) is 1.63. The molecule has 1 unspecified atom stereocenters. The van der Waals surface area contributed by atoms with Crippen LogP contribution in [-0.4, -0.2) is 32.1 Å². The van der Waals surface area contributed by atoms with E-state index in [1.54, 1.807) is 24.3 Å². The van der Waals surface area contributed by atoms with Crippen molar-refractivity contribution in [1.82, 2.24) is 5.32 Å². The Bertz CT molecular complexity index is 858. The van der Waals surface area contributed by atoms with Gasteiger partial charge in [0, 0.05) is 10.7 Å². The molecule has 140 valence electrons. The minimum atomic E-state index is -0.388. The molecule has 1 atom stereocenters. The van der Waals surface area contributed by atoms with Crippen molar-refractivity contribution in [2.24, 2.45) is 5.41 Å². The number of halogens is 1. The van der Waals surface area contributed by atoms with Gasteiger partial charge in [-0.25, -0.2) is 4.79 Å². The predicted octanol–water partition coefficient (Wildman–Crippen LogP) is 3.58. The van der Waals surface area contributed by atoms with Gasteiger partial charge in [-0.1, -0.05) is 23.7 Å². The fourth-order valence-electron chi connectivity index (χ4n) is 4.27. The van der Waals surface area contributed by atoms with Crippen molar-refractivity contribution >= 4 is 29.2 Å². The molecule has 4 rings (SSSR count). The van der Waals surface area contributed by atoms with E-state index in [1.165, 1.54) is 7.11 Å². The van der Waals surface area contributed by atoms with E-state index in [1.807, 2.05) is 29.2 Å². The van der Waals surface area contributed by atoms with Gasteiger partial charge in [-0.15, -0.1) is 0 Å². The van der Waals surface area contributed by atoms with Gasteiger partial charge in [0.1, 0.15) is 0 Å². The summed E-state index contributed by atoms with van der Waals surface area (Å²) < 4.78 is 4.75. The Labute approximate surface area is 163 Å². The maximum Gasteiger partial charge on any atom is 0.337 e. The number of ether oxygens (including phenoxy) is 1. The molecule has 2 aromatic carbocycles. The highest BCUT2D eigenvalue weighted by molar-refractivity contribution is 6.30. The number of anilines is 1. The fraction of sp³-hybridized carbons (Fsp3) is 0.333. The molecular formula is C21H21ClN2O3. The first-order chi connectivity index (χ1) is 13.1. The molecule has 0 saturated carbocycles. The first-order valence-corrected chi connectivity index (χ1v) is 9.43. The van der Waals surface area contributed by atoms with E-state index in [9.17, 15) is 9.59 Å². The molecule has 0 aromatic heterocycles. The van der Waals surface area contributed by atoms with Crippen LogP contribution in [0.25, 0.3) is 0 Å². The van der Waals surface area contributed by atoms with Gasteiger partial charge in [0.05, 0.1) is 24.1 Å². The number of nitrogens with one attached hydrogen (secondary N) is 1. The molecule has 1 N–H and O–H groups in total. The van der Waals surface area contributed by atoms with Crippen LogP contribution in [0, 0.1) is 5.41 Å². The number of carbonyl (C=O) groups excluding carboxylic acids is 2. The lowest BCUT2D eigenvalue weighted by atomic mass is 9.62. The van der Waals surface area contributed by atoms with Gasteiger partial charge in [-0.3, -0.25) is 4.79 Å². The van der Waals surface area contributed by atoms with Crippen LogP contribution in [0.5, 0.6) is 0 Å². The third-order valence-corrected chi connectivity index (χ3v) is 5.93. The van der Waals surface area contributed by atoms with E-state index in [0.29, 0.717) is 10.6 Å². The van der Waals surface area contributed by atoms with Crippen LogP contribution in [0.1, 0.15) is 34.8 Å². The summed E-state index contributed by atoms with van der Waals surface area (Å²) in [7, 11) is 1.35. The quantitative estimate of drug-likeness (QED) is 0.649. The van der Waals surface area contributed by atoms with Gasteiger partial charge in [-0.2, -0.15) is 0 Å². The zero-order valence-electron chi connectivity index (χ0n) is 15.1. The van der Waals surface area contributed by atoms with Crippen LogP contribution < -0.4 is 10.2 Å². The zero-order valence-corrected chi connectivity index (χ0v) is 15.8. The molecule has 2 saturated heterocycles. The van der Waals surface area contributed by atoms with Crippen molar-refractivity contribution in [2.45, 2.75) is 18.9 Å². The molecule has 0 bridgehead atoms. The number of hydrogen-bond donors (Lipinski definition) is 1. The minimum Gasteiger partial charge on any atom is -0.465 e. The highest BCUT2D eigenvalue weighted by atomic mass is 35.5. The predicted molar refractivity (Wildman–Crippen MR) is 104 cm³/mol. The van der Waals surface area contributed by atoms with Gasteiger partial charge in [-0.05, 0) is 67.9 Å². The third-order valence-electron chi connectivity index (χ3n) is 5.67. The molecular weight excluding hydrogens is 364 g/mol. The van der Waals surface area contributed by atoms with Gasteiger partial charge < -0.3 is 15.0 Å². The molecule has 27 heavy (non-hydrogen) atoms. The van der Waals surface area contributed by atoms with Crippen LogP contribution >= 0.6 is 11.6 Å². The molecule has 5 nitrogen and oxygen atoms in total. The standard InChI is InChI=1S/C21H21ClN2O3/c1-27-19(25)15-4-8-17(9-5-15)24-18(14-2-6-16(22)7-3-14)21(20(24)26)10-12-23-13-11-21/h2-9,18,23H,10-13H2,1H3. The van der Waals surface area contributed by atoms with Crippen LogP contribution in [0.2, 0.25) is 5.02 Å². The molecule has 6 heteroatoms. The van der Waals surface area contributed by atoms with Gasteiger partial charge >= 0.3 is 5.97 Å². The van der Waals surface area contributed by atoms with Crippen LogP contribution in [-0.2, 0) is 9.53 Å². The number of nitrogens with zero attached hydrogens (tertiary/aromatic N) is 1. The van der Waals surface area contributed by atoms with Crippen LogP contribution in [0.3, 0.4) is 0 Å². The Morgan fingerprint density at radius 2 is 1.74 bits per heavy atom. The topological polar surface area (TPSA) is 58.6 Å². The Morgan fingerprint density at radius 1 is 1.11 bits per heavy atom. The summed E-state index contributed by atoms with van der Waals surface area (Å²) in [4.78, 5) is 26.8. The van der Waals surface area contributed by atoms with Crippen molar-refractivity contribution in [3.63, 3.8) is 0 Å². The number of β-lactam (4-membered cyclic amide) rings is 1. The summed E-state index contributed by atoms with van der Waals surface area (Å²) in [5.41, 5.74) is 1.96. The van der Waals surface area contributed by atoms with E-state index >= 15 is 0 Å². The Morgan fingerprint density at radius 3 is 2.33 bits per heavy atom. The van der Waals surface area contributed by atoms with Crippen LogP contribution in [0.4, 0.5) is 5.69 Å². The molecule has 2 fully saturated rings. The molecule has 0 radical (unpaired) electrons. The molecule has 2 aliphatic rings. The maximum absolute atomic E-state index is 13.2. The second-order valence-electron chi connectivity index (χ2n) is 7.07. The lowest BCUT2D eigenvalue weighted by Gasteiger charge is -2.58. The number of amides is 1. The van der Waals surface area contributed by atoms with Crippen molar-refractivity contribution in [1.29, 1.82) is 0 Å². The maximum atomic E-state index is 13.2. The highest BCUT2D eigenvalue weighted by Gasteiger charge is 2.61. The average Bonchev–Trinajstić information content (AvgIpc) is 2.72. The van der Waals surface area contributed by atoms with Crippen molar-refractivity contribution < 1.29 is 14.3 Å². The number of rotatable bonds is 3. The smallest absolute Gasteiger partial charge is 0.337 e. The molecule has 0 aliphatic carbocycles. The average molecular weight is 385 g/mol. The third kappa shape index (κ3) is 2.91. The largest absolute Gasteiger partial charge is 0.465 e.